The second kappa shape index (κ2) is 8.15. The number of nitrogens with zero attached hydrogens (tertiary/aromatic N) is 1. The molecule has 7 nitrogen and oxygen atoms in total. The van der Waals surface area contributed by atoms with E-state index < -0.39 is 30.3 Å². The predicted molar refractivity (Wildman–Crippen MR) is 74.7 cm³/mol. The van der Waals surface area contributed by atoms with E-state index in [2.05, 4.69) is 4.98 Å². The number of hydrogen-bond acceptors (Lipinski definition) is 5. The number of methoxy groups -OCH3 is 1. The van der Waals surface area contributed by atoms with Gasteiger partial charge in [-0.2, -0.15) is 9.37 Å². The molecule has 5 N–H and O–H groups in total. The van der Waals surface area contributed by atoms with E-state index in [1.807, 2.05) is 13.8 Å². The van der Waals surface area contributed by atoms with Gasteiger partial charge in [0.05, 0.1) is 12.7 Å². The number of primary amides is 1. The van der Waals surface area contributed by atoms with Crippen LogP contribution in [0, 0.1) is 12.9 Å². The number of ether oxygens (including phenoxy) is 1. The van der Waals surface area contributed by atoms with Gasteiger partial charge in [0.1, 0.15) is 6.04 Å². The summed E-state index contributed by atoms with van der Waals surface area (Å²) in [5.41, 5.74) is 10.4. The lowest BCUT2D eigenvalue weighted by Gasteiger charge is -2.15. The normalized spacial score (nSPS) is 11.1. The Balaban J connectivity index is 0.00000191. The van der Waals surface area contributed by atoms with Gasteiger partial charge in [0.25, 0.3) is 0 Å². The summed E-state index contributed by atoms with van der Waals surface area (Å²) in [7, 11) is 1.27. The number of amides is 1. The number of carboxylic acid groups (broad SMARTS) is 1. The Morgan fingerprint density at radius 1 is 1.43 bits per heavy atom. The third kappa shape index (κ3) is 4.38. The molecule has 0 saturated carbocycles. The minimum absolute atomic E-state index is 0.0843. The Morgan fingerprint density at radius 3 is 2.33 bits per heavy atom. The standard InChI is InChI=1S/C11H14FN3O4.C2H6/c1-4-7(9(14)16)5(3-6(13)11(17)18)8(12)15-10(4)19-2;1-2/h6H,3,13H2,1-2H3,(H2,14,16)(H,17,18);1-2H3. The van der Waals surface area contributed by atoms with E-state index in [4.69, 9.17) is 21.3 Å². The highest BCUT2D eigenvalue weighted by Gasteiger charge is 2.25. The summed E-state index contributed by atoms with van der Waals surface area (Å²) in [4.78, 5) is 25.6. The van der Waals surface area contributed by atoms with Crippen LogP contribution in [0.3, 0.4) is 0 Å². The molecule has 0 fully saturated rings. The summed E-state index contributed by atoms with van der Waals surface area (Å²) in [6.45, 7) is 5.47. The van der Waals surface area contributed by atoms with E-state index in [0.29, 0.717) is 0 Å². The topological polar surface area (TPSA) is 129 Å². The molecule has 1 aromatic rings. The Bertz CT molecular complexity index is 535. The van der Waals surface area contributed by atoms with Crippen molar-refractivity contribution in [2.24, 2.45) is 11.5 Å². The molecule has 1 amide bonds. The quantitative estimate of drug-likeness (QED) is 0.684. The molecule has 21 heavy (non-hydrogen) atoms. The first-order valence-corrected chi connectivity index (χ1v) is 6.30. The van der Waals surface area contributed by atoms with Gasteiger partial charge in [-0.15, -0.1) is 0 Å². The fourth-order valence-electron chi connectivity index (χ4n) is 1.70. The second-order valence-electron chi connectivity index (χ2n) is 3.90. The maximum atomic E-state index is 13.8. The summed E-state index contributed by atoms with van der Waals surface area (Å²) in [5, 5.41) is 8.73. The molecule has 0 aliphatic rings. The third-order valence-electron chi connectivity index (χ3n) is 2.63. The number of carboxylic acids is 1. The van der Waals surface area contributed by atoms with Crippen LogP contribution in [-0.4, -0.2) is 35.1 Å². The van der Waals surface area contributed by atoms with Crippen molar-refractivity contribution in [1.82, 2.24) is 4.98 Å². The van der Waals surface area contributed by atoms with Gasteiger partial charge in [0.15, 0.2) is 0 Å². The molecule has 0 aliphatic heterocycles. The molecule has 0 spiro atoms. The van der Waals surface area contributed by atoms with Crippen molar-refractivity contribution >= 4 is 11.9 Å². The number of pyridine rings is 1. The van der Waals surface area contributed by atoms with Crippen LogP contribution in [0.4, 0.5) is 4.39 Å². The van der Waals surface area contributed by atoms with Crippen molar-refractivity contribution in [2.75, 3.05) is 7.11 Å². The summed E-state index contributed by atoms with van der Waals surface area (Å²) >= 11 is 0. The molecule has 8 heteroatoms. The molecule has 0 aliphatic carbocycles. The van der Waals surface area contributed by atoms with Crippen molar-refractivity contribution in [3.63, 3.8) is 0 Å². The largest absolute Gasteiger partial charge is 0.481 e. The molecule has 118 valence electrons. The first-order valence-electron chi connectivity index (χ1n) is 6.30. The highest BCUT2D eigenvalue weighted by molar-refractivity contribution is 5.96. The van der Waals surface area contributed by atoms with Crippen LogP contribution in [0.2, 0.25) is 0 Å². The van der Waals surface area contributed by atoms with E-state index in [0.717, 1.165) is 0 Å². The SMILES string of the molecule is CC.COc1nc(F)c(CC(N)C(=O)O)c(C(N)=O)c1C. The fourth-order valence-corrected chi connectivity index (χ4v) is 1.70. The zero-order valence-corrected chi connectivity index (χ0v) is 12.4. The monoisotopic (exact) mass is 301 g/mol. The Hall–Kier alpha value is -2.22. The Labute approximate surface area is 122 Å². The van der Waals surface area contributed by atoms with Gasteiger partial charge in [0.2, 0.25) is 17.7 Å². The van der Waals surface area contributed by atoms with Crippen molar-refractivity contribution < 1.29 is 23.8 Å². The van der Waals surface area contributed by atoms with Crippen LogP contribution in [0.5, 0.6) is 5.88 Å². The zero-order valence-electron chi connectivity index (χ0n) is 12.4. The molecule has 0 aromatic carbocycles. The maximum Gasteiger partial charge on any atom is 0.320 e. The minimum Gasteiger partial charge on any atom is -0.481 e. The number of nitrogens with two attached hydrogens (primary N) is 2. The van der Waals surface area contributed by atoms with Gasteiger partial charge < -0.3 is 21.3 Å². The molecule has 0 radical (unpaired) electrons. The first kappa shape index (κ1) is 18.8. The zero-order chi connectivity index (χ0) is 16.7. The van der Waals surface area contributed by atoms with Crippen molar-refractivity contribution in [3.8, 4) is 5.88 Å². The summed E-state index contributed by atoms with van der Waals surface area (Å²) in [5.74, 6) is -3.32. The highest BCUT2D eigenvalue weighted by atomic mass is 19.1. The van der Waals surface area contributed by atoms with Crippen molar-refractivity contribution in [1.29, 1.82) is 0 Å². The van der Waals surface area contributed by atoms with Gasteiger partial charge in [0, 0.05) is 17.5 Å². The van der Waals surface area contributed by atoms with Crippen LogP contribution in [0.25, 0.3) is 0 Å². The molecule has 1 rings (SSSR count). The van der Waals surface area contributed by atoms with Gasteiger partial charge in [-0.05, 0) is 6.92 Å². The van der Waals surface area contributed by atoms with E-state index in [1.165, 1.54) is 14.0 Å². The smallest absolute Gasteiger partial charge is 0.320 e. The first-order chi connectivity index (χ1) is 9.79. The van der Waals surface area contributed by atoms with Gasteiger partial charge >= 0.3 is 5.97 Å². The Morgan fingerprint density at radius 2 is 1.95 bits per heavy atom. The van der Waals surface area contributed by atoms with Crippen molar-refractivity contribution in [2.45, 2.75) is 33.2 Å². The number of carbonyl (C=O) groups is 2. The molecule has 1 heterocycles. The van der Waals surface area contributed by atoms with E-state index >= 15 is 0 Å². The average molecular weight is 301 g/mol. The molecule has 0 bridgehead atoms. The van der Waals surface area contributed by atoms with Crippen LogP contribution in [0.15, 0.2) is 0 Å². The number of halogens is 1. The maximum absolute atomic E-state index is 13.8. The van der Waals surface area contributed by atoms with E-state index in [1.54, 1.807) is 0 Å². The minimum atomic E-state index is -1.36. The van der Waals surface area contributed by atoms with Crippen LogP contribution in [0.1, 0.15) is 35.3 Å². The van der Waals surface area contributed by atoms with Crippen LogP contribution >= 0.6 is 0 Å². The van der Waals surface area contributed by atoms with Crippen molar-refractivity contribution in [3.05, 3.63) is 22.6 Å². The third-order valence-corrected chi connectivity index (χ3v) is 2.63. The molecular weight excluding hydrogens is 281 g/mol. The molecule has 1 atom stereocenters. The summed E-state index contributed by atoms with van der Waals surface area (Å²) in [6, 6.07) is -1.36. The lowest BCUT2D eigenvalue weighted by molar-refractivity contribution is -0.138. The lowest BCUT2D eigenvalue weighted by atomic mass is 9.98. The number of hydrogen-bond donors (Lipinski definition) is 3. The van der Waals surface area contributed by atoms with E-state index in [9.17, 15) is 14.0 Å². The number of carbonyl (C=O) groups excluding carboxylic acids is 1. The van der Waals surface area contributed by atoms with Gasteiger partial charge in [-0.1, -0.05) is 13.8 Å². The number of rotatable bonds is 5. The van der Waals surface area contributed by atoms with Crippen LogP contribution in [-0.2, 0) is 11.2 Å². The van der Waals surface area contributed by atoms with Gasteiger partial charge in [-0.3, -0.25) is 9.59 Å². The Kier molecular flexibility index (Phi) is 7.29. The summed E-state index contributed by atoms with van der Waals surface area (Å²) < 4.78 is 18.6. The van der Waals surface area contributed by atoms with Crippen LogP contribution < -0.4 is 16.2 Å². The average Bonchev–Trinajstić information content (AvgIpc) is 2.44. The van der Waals surface area contributed by atoms with E-state index in [-0.39, 0.29) is 22.6 Å². The molecule has 0 saturated heterocycles. The molecule has 1 unspecified atom stereocenters. The molecule has 1 aromatic heterocycles. The molecular formula is C13H20FN3O4. The number of aromatic nitrogens is 1. The number of aliphatic carboxylic acids is 1. The highest BCUT2D eigenvalue weighted by Crippen LogP contribution is 2.25. The van der Waals surface area contributed by atoms with Gasteiger partial charge in [-0.25, -0.2) is 0 Å². The fraction of sp³-hybridized carbons (Fsp3) is 0.462. The predicted octanol–water partition coefficient (Wildman–Crippen LogP) is 0.617. The summed E-state index contributed by atoms with van der Waals surface area (Å²) in [6.07, 6.45) is -0.392. The second-order valence-corrected chi connectivity index (χ2v) is 3.90. The lowest BCUT2D eigenvalue weighted by Crippen LogP contribution is -2.34.